The average molecular weight is 302 g/mol. The molecule has 0 bridgehead atoms. The number of nitrogens with zero attached hydrogens (tertiary/aromatic N) is 4. The fourth-order valence-electron chi connectivity index (χ4n) is 2.16. The van der Waals surface area contributed by atoms with E-state index in [0.717, 1.165) is 25.1 Å². The maximum atomic E-state index is 12.6. The lowest BCUT2D eigenvalue weighted by Gasteiger charge is -2.28. The van der Waals surface area contributed by atoms with Gasteiger partial charge in [-0.25, -0.2) is 9.97 Å². The Morgan fingerprint density at radius 1 is 1.38 bits per heavy atom. The number of piperidine rings is 1. The molecule has 0 radical (unpaired) electrons. The molecule has 1 aliphatic rings. The maximum Gasteiger partial charge on any atom is 0.433 e. The Bertz CT molecular complexity index is 506. The Balaban J connectivity index is 1.97. The summed E-state index contributed by atoms with van der Waals surface area (Å²) in [7, 11) is 1.61. The molecule has 21 heavy (non-hydrogen) atoms. The molecule has 0 unspecified atom stereocenters. The van der Waals surface area contributed by atoms with Crippen LogP contribution in [0, 0.1) is 0 Å². The van der Waals surface area contributed by atoms with Crippen molar-refractivity contribution >= 4 is 11.9 Å². The lowest BCUT2D eigenvalue weighted by Crippen LogP contribution is -2.40. The lowest BCUT2D eigenvalue weighted by molar-refractivity contribution is -0.141. The lowest BCUT2D eigenvalue weighted by atomic mass is 10.1. The molecule has 0 aliphatic carbocycles. The van der Waals surface area contributed by atoms with Crippen molar-refractivity contribution < 1.29 is 18.0 Å². The van der Waals surface area contributed by atoms with Crippen LogP contribution in [0.15, 0.2) is 12.3 Å². The predicted molar refractivity (Wildman–Crippen MR) is 70.7 cm³/mol. The first-order chi connectivity index (χ1) is 9.88. The number of hydrogen-bond acceptors (Lipinski definition) is 4. The molecular formula is C13H17F3N4O. The number of rotatable bonds is 4. The van der Waals surface area contributed by atoms with E-state index >= 15 is 0 Å². The van der Waals surface area contributed by atoms with E-state index in [1.54, 1.807) is 11.9 Å². The number of alkyl halides is 3. The molecule has 0 aromatic carbocycles. The van der Waals surface area contributed by atoms with E-state index in [2.05, 4.69) is 9.97 Å². The molecule has 0 N–H and O–H groups in total. The van der Waals surface area contributed by atoms with Gasteiger partial charge in [-0.05, 0) is 18.9 Å². The van der Waals surface area contributed by atoms with Crippen LogP contribution in [-0.2, 0) is 11.0 Å². The van der Waals surface area contributed by atoms with Crippen molar-refractivity contribution in [3.8, 4) is 0 Å². The molecule has 8 heteroatoms. The van der Waals surface area contributed by atoms with Crippen molar-refractivity contribution in [1.82, 2.24) is 14.9 Å². The van der Waals surface area contributed by atoms with E-state index in [9.17, 15) is 18.0 Å². The fourth-order valence-corrected chi connectivity index (χ4v) is 2.16. The molecule has 2 heterocycles. The Hall–Kier alpha value is -1.86. The van der Waals surface area contributed by atoms with Gasteiger partial charge in [0.2, 0.25) is 11.9 Å². The molecule has 0 spiro atoms. The number of carbonyl (C=O) groups excluding carboxylic acids is 1. The molecule has 1 fully saturated rings. The number of amides is 1. The zero-order valence-electron chi connectivity index (χ0n) is 11.7. The second-order valence-electron chi connectivity index (χ2n) is 5.00. The van der Waals surface area contributed by atoms with Gasteiger partial charge in [-0.3, -0.25) is 4.79 Å². The van der Waals surface area contributed by atoms with Crippen LogP contribution in [0.4, 0.5) is 19.1 Å². The Morgan fingerprint density at radius 3 is 2.81 bits per heavy atom. The first-order valence-corrected chi connectivity index (χ1v) is 6.77. The van der Waals surface area contributed by atoms with Crippen LogP contribution in [0.25, 0.3) is 0 Å². The molecule has 1 aliphatic heterocycles. The Kier molecular flexibility index (Phi) is 4.64. The standard InChI is InChI=1S/C13H17F3N4O/c1-19(8-9-20-7-3-2-4-11(20)21)12-17-6-5-10(18-12)13(14,15)16/h5-6H,2-4,7-9H2,1H3. The highest BCUT2D eigenvalue weighted by Gasteiger charge is 2.33. The van der Waals surface area contributed by atoms with Crippen LogP contribution in [0.3, 0.4) is 0 Å². The van der Waals surface area contributed by atoms with Gasteiger partial charge < -0.3 is 9.80 Å². The minimum absolute atomic E-state index is 0.00860. The van der Waals surface area contributed by atoms with Gasteiger partial charge in [0.1, 0.15) is 5.69 Å². The number of carbonyl (C=O) groups is 1. The quantitative estimate of drug-likeness (QED) is 0.853. The molecule has 2 rings (SSSR count). The summed E-state index contributed by atoms with van der Waals surface area (Å²) in [6, 6.07) is 0.839. The molecule has 1 amide bonds. The number of hydrogen-bond donors (Lipinski definition) is 0. The fraction of sp³-hybridized carbons (Fsp3) is 0.615. The Morgan fingerprint density at radius 2 is 2.14 bits per heavy atom. The first kappa shape index (κ1) is 15.5. The molecule has 5 nitrogen and oxygen atoms in total. The summed E-state index contributed by atoms with van der Waals surface area (Å²) >= 11 is 0. The zero-order valence-corrected chi connectivity index (χ0v) is 11.7. The number of anilines is 1. The third-order valence-corrected chi connectivity index (χ3v) is 3.40. The van der Waals surface area contributed by atoms with Crippen LogP contribution >= 0.6 is 0 Å². The van der Waals surface area contributed by atoms with E-state index < -0.39 is 11.9 Å². The summed E-state index contributed by atoms with van der Waals surface area (Å²) in [6.07, 6.45) is -0.976. The third kappa shape index (κ3) is 4.05. The van der Waals surface area contributed by atoms with Crippen molar-refractivity contribution in [2.45, 2.75) is 25.4 Å². The number of likely N-dealkylation sites (N-methyl/N-ethyl adjacent to an activating group) is 1. The van der Waals surface area contributed by atoms with Crippen molar-refractivity contribution in [2.75, 3.05) is 31.6 Å². The van der Waals surface area contributed by atoms with Gasteiger partial charge in [-0.15, -0.1) is 0 Å². The molecule has 1 saturated heterocycles. The van der Waals surface area contributed by atoms with Crippen LogP contribution in [0.5, 0.6) is 0 Å². The van der Waals surface area contributed by atoms with Crippen LogP contribution in [0.2, 0.25) is 0 Å². The smallest absolute Gasteiger partial charge is 0.342 e. The van der Waals surface area contributed by atoms with Crippen molar-refractivity contribution in [1.29, 1.82) is 0 Å². The van der Waals surface area contributed by atoms with Gasteiger partial charge in [0.25, 0.3) is 0 Å². The number of likely N-dealkylation sites (tertiary alicyclic amines) is 1. The number of halogens is 3. The third-order valence-electron chi connectivity index (χ3n) is 3.40. The molecule has 0 atom stereocenters. The van der Waals surface area contributed by atoms with Crippen LogP contribution < -0.4 is 4.90 Å². The highest BCUT2D eigenvalue weighted by Crippen LogP contribution is 2.27. The molecule has 1 aromatic heterocycles. The minimum atomic E-state index is -4.48. The second-order valence-corrected chi connectivity index (χ2v) is 5.00. The summed E-state index contributed by atoms with van der Waals surface area (Å²) in [6.45, 7) is 1.57. The van der Waals surface area contributed by atoms with Crippen LogP contribution in [-0.4, -0.2) is 47.5 Å². The summed E-state index contributed by atoms with van der Waals surface area (Å²) in [5, 5.41) is 0. The molecular weight excluding hydrogens is 285 g/mol. The highest BCUT2D eigenvalue weighted by molar-refractivity contribution is 5.76. The highest BCUT2D eigenvalue weighted by atomic mass is 19.4. The summed E-state index contributed by atoms with van der Waals surface area (Å²) in [5.41, 5.74) is -0.964. The van der Waals surface area contributed by atoms with E-state index in [1.165, 1.54) is 4.90 Å². The molecule has 1 aromatic rings. The second kappa shape index (κ2) is 6.28. The Labute approximate surface area is 120 Å². The minimum Gasteiger partial charge on any atom is -0.342 e. The first-order valence-electron chi connectivity index (χ1n) is 6.77. The maximum absolute atomic E-state index is 12.6. The van der Waals surface area contributed by atoms with E-state index in [0.29, 0.717) is 26.1 Å². The predicted octanol–water partition coefficient (Wildman–Crippen LogP) is 1.94. The normalized spacial score (nSPS) is 16.2. The van der Waals surface area contributed by atoms with E-state index in [4.69, 9.17) is 0 Å². The van der Waals surface area contributed by atoms with E-state index in [1.807, 2.05) is 0 Å². The van der Waals surface area contributed by atoms with Crippen molar-refractivity contribution in [2.24, 2.45) is 0 Å². The van der Waals surface area contributed by atoms with Gasteiger partial charge in [-0.1, -0.05) is 0 Å². The average Bonchev–Trinajstić information content (AvgIpc) is 2.45. The van der Waals surface area contributed by atoms with Crippen molar-refractivity contribution in [3.63, 3.8) is 0 Å². The summed E-state index contributed by atoms with van der Waals surface area (Å²) < 4.78 is 37.8. The van der Waals surface area contributed by atoms with Gasteiger partial charge >= 0.3 is 6.18 Å². The zero-order chi connectivity index (χ0) is 15.5. The van der Waals surface area contributed by atoms with Gasteiger partial charge in [0.15, 0.2) is 0 Å². The summed E-state index contributed by atoms with van der Waals surface area (Å²) in [5.74, 6) is 0.105. The van der Waals surface area contributed by atoms with Crippen molar-refractivity contribution in [3.05, 3.63) is 18.0 Å². The summed E-state index contributed by atoms with van der Waals surface area (Å²) in [4.78, 5) is 22.3. The van der Waals surface area contributed by atoms with Gasteiger partial charge in [0.05, 0.1) is 0 Å². The number of aromatic nitrogens is 2. The molecule has 0 saturated carbocycles. The van der Waals surface area contributed by atoms with Gasteiger partial charge in [-0.2, -0.15) is 13.2 Å². The van der Waals surface area contributed by atoms with Crippen LogP contribution in [0.1, 0.15) is 25.0 Å². The SMILES string of the molecule is CN(CCN1CCCCC1=O)c1nccc(C(F)(F)F)n1. The largest absolute Gasteiger partial charge is 0.433 e. The van der Waals surface area contributed by atoms with Gasteiger partial charge in [0, 0.05) is 39.3 Å². The monoisotopic (exact) mass is 302 g/mol. The molecule has 116 valence electrons. The topological polar surface area (TPSA) is 49.3 Å². The van der Waals surface area contributed by atoms with E-state index in [-0.39, 0.29) is 11.9 Å².